The van der Waals surface area contributed by atoms with E-state index in [9.17, 15) is 0 Å². The second kappa shape index (κ2) is 4.57. The molecule has 0 aliphatic heterocycles. The molecule has 0 bridgehead atoms. The molecule has 1 fully saturated rings. The van der Waals surface area contributed by atoms with Crippen LogP contribution in [-0.4, -0.2) is 9.36 Å². The summed E-state index contributed by atoms with van der Waals surface area (Å²) in [5, 5.41) is 4.54. The quantitative estimate of drug-likeness (QED) is 0.887. The Hall–Kier alpha value is -1.62. The van der Waals surface area contributed by atoms with Crippen LogP contribution >= 0.6 is 11.5 Å². The van der Waals surface area contributed by atoms with E-state index in [2.05, 4.69) is 27.7 Å². The van der Waals surface area contributed by atoms with Crippen LogP contribution in [0.4, 0.5) is 10.8 Å². The van der Waals surface area contributed by atoms with Gasteiger partial charge in [0, 0.05) is 11.8 Å². The topological polar surface area (TPSA) is 63.8 Å². The Labute approximate surface area is 110 Å². The average Bonchev–Trinajstić information content (AvgIpc) is 3.13. The molecular weight excluding hydrogens is 244 g/mol. The summed E-state index contributed by atoms with van der Waals surface area (Å²) in [5.74, 6) is 1.32. The van der Waals surface area contributed by atoms with Crippen molar-refractivity contribution in [3.05, 3.63) is 35.2 Å². The number of nitrogens with one attached hydrogen (secondary N) is 1. The first-order valence-corrected chi connectivity index (χ1v) is 6.92. The molecule has 18 heavy (non-hydrogen) atoms. The van der Waals surface area contributed by atoms with E-state index in [4.69, 9.17) is 5.73 Å². The van der Waals surface area contributed by atoms with Crippen molar-refractivity contribution in [3.8, 4) is 0 Å². The number of hydrogen-bond donors (Lipinski definition) is 2. The van der Waals surface area contributed by atoms with Gasteiger partial charge < -0.3 is 11.1 Å². The van der Waals surface area contributed by atoms with E-state index in [1.54, 1.807) is 0 Å². The fraction of sp³-hybridized carbons (Fsp3) is 0.385. The van der Waals surface area contributed by atoms with Crippen LogP contribution in [0.25, 0.3) is 0 Å². The van der Waals surface area contributed by atoms with E-state index in [0.29, 0.717) is 11.7 Å². The molecule has 4 nitrogen and oxygen atoms in total. The standard InChI is InChI=1S/C13H16N4S/c1-8-3-2-6-15-10(8)7-16-13-11(9-4-5-9)12(14)17-18-13/h2-3,6,9,16H,4-5,7H2,1H3,(H2,14,17). The second-order valence-electron chi connectivity index (χ2n) is 4.71. The van der Waals surface area contributed by atoms with Gasteiger partial charge in [-0.2, -0.15) is 4.37 Å². The van der Waals surface area contributed by atoms with Crippen molar-refractivity contribution in [2.24, 2.45) is 0 Å². The van der Waals surface area contributed by atoms with Gasteiger partial charge in [0.25, 0.3) is 0 Å². The fourth-order valence-electron chi connectivity index (χ4n) is 2.07. The van der Waals surface area contributed by atoms with Crippen LogP contribution in [0.15, 0.2) is 18.3 Å². The molecule has 1 aliphatic rings. The summed E-state index contributed by atoms with van der Waals surface area (Å²) in [7, 11) is 0. The minimum absolute atomic E-state index is 0.621. The lowest BCUT2D eigenvalue weighted by molar-refractivity contribution is 1.01. The molecule has 1 aliphatic carbocycles. The number of anilines is 2. The van der Waals surface area contributed by atoms with Gasteiger partial charge >= 0.3 is 0 Å². The maximum absolute atomic E-state index is 5.92. The Bertz CT molecular complexity index is 560. The Morgan fingerprint density at radius 3 is 3.06 bits per heavy atom. The lowest BCUT2D eigenvalue weighted by atomic mass is 10.2. The first-order valence-electron chi connectivity index (χ1n) is 6.15. The van der Waals surface area contributed by atoms with Crippen LogP contribution in [0.1, 0.15) is 35.6 Å². The second-order valence-corrected chi connectivity index (χ2v) is 5.48. The van der Waals surface area contributed by atoms with Gasteiger partial charge in [0.2, 0.25) is 0 Å². The molecule has 1 saturated carbocycles. The molecule has 0 saturated heterocycles. The molecule has 0 unspecified atom stereocenters. The first-order chi connectivity index (χ1) is 8.75. The van der Waals surface area contributed by atoms with Crippen LogP contribution in [0, 0.1) is 6.92 Å². The lowest BCUT2D eigenvalue weighted by Gasteiger charge is -2.07. The van der Waals surface area contributed by atoms with Gasteiger partial charge in [0.05, 0.1) is 12.2 Å². The molecule has 0 spiro atoms. The van der Waals surface area contributed by atoms with E-state index in [0.717, 1.165) is 17.2 Å². The van der Waals surface area contributed by atoms with E-state index in [1.165, 1.54) is 35.5 Å². The maximum Gasteiger partial charge on any atom is 0.142 e. The largest absolute Gasteiger partial charge is 0.383 e. The van der Waals surface area contributed by atoms with Gasteiger partial charge in [0.15, 0.2) is 0 Å². The normalized spacial score (nSPS) is 14.7. The fourth-order valence-corrected chi connectivity index (χ4v) is 2.87. The van der Waals surface area contributed by atoms with Crippen molar-refractivity contribution in [2.75, 3.05) is 11.1 Å². The summed E-state index contributed by atoms with van der Waals surface area (Å²) >= 11 is 1.46. The van der Waals surface area contributed by atoms with Gasteiger partial charge in [-0.05, 0) is 48.8 Å². The lowest BCUT2D eigenvalue weighted by Crippen LogP contribution is -2.04. The third-order valence-corrected chi connectivity index (χ3v) is 4.11. The van der Waals surface area contributed by atoms with Crippen molar-refractivity contribution in [1.82, 2.24) is 9.36 Å². The number of pyridine rings is 1. The Morgan fingerprint density at radius 1 is 1.50 bits per heavy atom. The minimum atomic E-state index is 0.621. The summed E-state index contributed by atoms with van der Waals surface area (Å²) < 4.78 is 4.25. The zero-order valence-electron chi connectivity index (χ0n) is 10.3. The summed E-state index contributed by atoms with van der Waals surface area (Å²) in [6.07, 6.45) is 4.30. The Balaban J connectivity index is 1.76. The summed E-state index contributed by atoms with van der Waals surface area (Å²) in [5.41, 5.74) is 9.42. The molecular formula is C13H16N4S. The van der Waals surface area contributed by atoms with Gasteiger partial charge in [0.1, 0.15) is 10.8 Å². The zero-order chi connectivity index (χ0) is 12.5. The van der Waals surface area contributed by atoms with E-state index >= 15 is 0 Å². The van der Waals surface area contributed by atoms with E-state index in [1.807, 2.05) is 12.3 Å². The third-order valence-electron chi connectivity index (χ3n) is 3.28. The van der Waals surface area contributed by atoms with Crippen molar-refractivity contribution in [1.29, 1.82) is 0 Å². The summed E-state index contributed by atoms with van der Waals surface area (Å²) in [4.78, 5) is 4.38. The predicted octanol–water partition coefficient (Wildman–Crippen LogP) is 2.92. The molecule has 0 atom stereocenters. The highest BCUT2D eigenvalue weighted by molar-refractivity contribution is 7.10. The van der Waals surface area contributed by atoms with Crippen molar-refractivity contribution >= 4 is 22.4 Å². The molecule has 94 valence electrons. The van der Waals surface area contributed by atoms with Crippen LogP contribution in [0.3, 0.4) is 0 Å². The zero-order valence-corrected chi connectivity index (χ0v) is 11.1. The first kappa shape index (κ1) is 11.5. The molecule has 0 radical (unpaired) electrons. The van der Waals surface area contributed by atoms with Crippen LogP contribution in [0.5, 0.6) is 0 Å². The molecule has 2 aromatic heterocycles. The molecule has 0 amide bonds. The smallest absolute Gasteiger partial charge is 0.142 e. The number of aryl methyl sites for hydroxylation is 1. The minimum Gasteiger partial charge on any atom is -0.383 e. The van der Waals surface area contributed by atoms with Crippen LogP contribution < -0.4 is 11.1 Å². The predicted molar refractivity (Wildman–Crippen MR) is 74.8 cm³/mol. The van der Waals surface area contributed by atoms with Crippen molar-refractivity contribution in [3.63, 3.8) is 0 Å². The number of nitrogens with zero attached hydrogens (tertiary/aromatic N) is 2. The molecule has 3 rings (SSSR count). The Kier molecular flexibility index (Phi) is 2.91. The Morgan fingerprint density at radius 2 is 2.33 bits per heavy atom. The number of aromatic nitrogens is 2. The highest BCUT2D eigenvalue weighted by Gasteiger charge is 2.30. The highest BCUT2D eigenvalue weighted by Crippen LogP contribution is 2.47. The number of rotatable bonds is 4. The van der Waals surface area contributed by atoms with E-state index < -0.39 is 0 Å². The number of hydrogen-bond acceptors (Lipinski definition) is 5. The SMILES string of the molecule is Cc1cccnc1CNc1snc(N)c1C1CC1. The van der Waals surface area contributed by atoms with Crippen LogP contribution in [0.2, 0.25) is 0 Å². The highest BCUT2D eigenvalue weighted by atomic mass is 32.1. The van der Waals surface area contributed by atoms with Gasteiger partial charge in [-0.15, -0.1) is 0 Å². The van der Waals surface area contributed by atoms with Crippen molar-refractivity contribution in [2.45, 2.75) is 32.2 Å². The van der Waals surface area contributed by atoms with Gasteiger partial charge in [-0.25, -0.2) is 0 Å². The molecule has 5 heteroatoms. The van der Waals surface area contributed by atoms with Gasteiger partial charge in [-0.1, -0.05) is 6.07 Å². The molecule has 2 aromatic rings. The number of nitrogen functional groups attached to an aromatic ring is 1. The number of nitrogens with two attached hydrogens (primary N) is 1. The summed E-state index contributed by atoms with van der Waals surface area (Å²) in [6, 6.07) is 4.03. The maximum atomic E-state index is 5.92. The van der Waals surface area contributed by atoms with Gasteiger partial charge in [-0.3, -0.25) is 4.98 Å². The monoisotopic (exact) mass is 260 g/mol. The average molecular weight is 260 g/mol. The summed E-state index contributed by atoms with van der Waals surface area (Å²) in [6.45, 7) is 2.81. The van der Waals surface area contributed by atoms with E-state index in [-0.39, 0.29) is 0 Å². The third kappa shape index (κ3) is 2.18. The van der Waals surface area contributed by atoms with Crippen molar-refractivity contribution < 1.29 is 0 Å². The molecule has 0 aromatic carbocycles. The molecule has 2 heterocycles. The molecule has 3 N–H and O–H groups in total. The van der Waals surface area contributed by atoms with Crippen LogP contribution in [-0.2, 0) is 6.54 Å².